The molecule has 1 aliphatic rings. The number of benzene rings is 1. The first-order valence-electron chi connectivity index (χ1n) is 6.36. The number of hydrogen-bond donors (Lipinski definition) is 1. The van der Waals surface area contributed by atoms with Gasteiger partial charge in [0.1, 0.15) is 5.75 Å². The van der Waals surface area contributed by atoms with Gasteiger partial charge in [0.15, 0.2) is 9.84 Å². The fourth-order valence-corrected chi connectivity index (χ4v) is 2.25. The van der Waals surface area contributed by atoms with Gasteiger partial charge < -0.3 is 9.84 Å². The van der Waals surface area contributed by atoms with Crippen LogP contribution in [-0.4, -0.2) is 30.6 Å². The molecular formula is C14H20O4S. The molecular weight excluding hydrogens is 264 g/mol. The quantitative estimate of drug-likeness (QED) is 0.899. The summed E-state index contributed by atoms with van der Waals surface area (Å²) in [6.45, 7) is 3.06. The normalized spacial score (nSPS) is 18.1. The van der Waals surface area contributed by atoms with E-state index in [1.54, 1.807) is 24.3 Å². The van der Waals surface area contributed by atoms with Gasteiger partial charge in [0.05, 0.1) is 17.0 Å². The molecule has 2 rings (SSSR count). The summed E-state index contributed by atoms with van der Waals surface area (Å²) in [5.41, 5.74) is 0.582. The summed E-state index contributed by atoms with van der Waals surface area (Å²) in [6.07, 6.45) is 2.58. The van der Waals surface area contributed by atoms with Crippen LogP contribution >= 0.6 is 0 Å². The van der Waals surface area contributed by atoms with Gasteiger partial charge in [0.25, 0.3) is 0 Å². The fourth-order valence-electron chi connectivity index (χ4n) is 1.71. The van der Waals surface area contributed by atoms with Crippen molar-refractivity contribution in [1.82, 2.24) is 0 Å². The topological polar surface area (TPSA) is 63.6 Å². The standard InChI is InChI=1S/C14H20O4S/c1-14(2,19(3,16)17)13(15)10-4-6-11(7-5-10)18-12-8-9-12/h4-7,12-13,15H,8-9H2,1-3H3. The lowest BCUT2D eigenvalue weighted by Crippen LogP contribution is -2.37. The Labute approximate surface area is 114 Å². The van der Waals surface area contributed by atoms with Crippen LogP contribution in [0.1, 0.15) is 38.4 Å². The molecule has 0 radical (unpaired) electrons. The third-order valence-electron chi connectivity index (χ3n) is 3.64. The van der Waals surface area contributed by atoms with Crippen LogP contribution in [0.15, 0.2) is 24.3 Å². The van der Waals surface area contributed by atoms with Crippen LogP contribution < -0.4 is 4.74 Å². The van der Waals surface area contributed by atoms with Crippen LogP contribution in [-0.2, 0) is 9.84 Å². The smallest absolute Gasteiger partial charge is 0.155 e. The maximum atomic E-state index is 11.7. The Hall–Kier alpha value is -1.07. The Morgan fingerprint density at radius 3 is 2.21 bits per heavy atom. The molecule has 0 bridgehead atoms. The summed E-state index contributed by atoms with van der Waals surface area (Å²) in [5, 5.41) is 10.2. The molecule has 1 saturated carbocycles. The number of sulfone groups is 1. The molecule has 0 aromatic heterocycles. The highest BCUT2D eigenvalue weighted by molar-refractivity contribution is 7.92. The Morgan fingerprint density at radius 1 is 1.26 bits per heavy atom. The van der Waals surface area contributed by atoms with E-state index in [-0.39, 0.29) is 0 Å². The van der Waals surface area contributed by atoms with Crippen molar-refractivity contribution >= 4 is 9.84 Å². The van der Waals surface area contributed by atoms with E-state index in [1.165, 1.54) is 13.8 Å². The van der Waals surface area contributed by atoms with Crippen molar-refractivity contribution < 1.29 is 18.3 Å². The van der Waals surface area contributed by atoms with Crippen molar-refractivity contribution in [3.63, 3.8) is 0 Å². The molecule has 0 saturated heterocycles. The molecule has 1 aromatic carbocycles. The third-order valence-corrected chi connectivity index (χ3v) is 5.77. The van der Waals surface area contributed by atoms with Gasteiger partial charge >= 0.3 is 0 Å². The molecule has 1 N–H and O–H groups in total. The van der Waals surface area contributed by atoms with Crippen LogP contribution in [0.4, 0.5) is 0 Å². The fraction of sp³-hybridized carbons (Fsp3) is 0.571. The van der Waals surface area contributed by atoms with Crippen LogP contribution in [0.3, 0.4) is 0 Å². The number of ether oxygens (including phenoxy) is 1. The van der Waals surface area contributed by atoms with Gasteiger partial charge in [-0.05, 0) is 44.4 Å². The van der Waals surface area contributed by atoms with E-state index in [4.69, 9.17) is 4.74 Å². The predicted molar refractivity (Wildman–Crippen MR) is 74.0 cm³/mol. The van der Waals surface area contributed by atoms with Crippen molar-refractivity contribution in [2.45, 2.75) is 43.6 Å². The molecule has 4 nitrogen and oxygen atoms in total. The van der Waals surface area contributed by atoms with Crippen LogP contribution in [0.2, 0.25) is 0 Å². The van der Waals surface area contributed by atoms with Gasteiger partial charge in [-0.2, -0.15) is 0 Å². The molecule has 0 amide bonds. The van der Waals surface area contributed by atoms with Gasteiger partial charge in [-0.25, -0.2) is 8.42 Å². The number of hydrogen-bond acceptors (Lipinski definition) is 4. The zero-order valence-corrected chi connectivity index (χ0v) is 12.3. The highest BCUT2D eigenvalue weighted by Gasteiger charge is 2.38. The minimum absolute atomic E-state index is 0.322. The Morgan fingerprint density at radius 2 is 1.79 bits per heavy atom. The second-order valence-corrected chi connectivity index (χ2v) is 8.26. The molecule has 1 aliphatic carbocycles. The molecule has 0 spiro atoms. The monoisotopic (exact) mass is 284 g/mol. The summed E-state index contributed by atoms with van der Waals surface area (Å²) in [4.78, 5) is 0. The van der Waals surface area contributed by atoms with Gasteiger partial charge in [-0.15, -0.1) is 0 Å². The Kier molecular flexibility index (Phi) is 3.62. The number of rotatable bonds is 5. The number of aliphatic hydroxyl groups is 1. The van der Waals surface area contributed by atoms with Crippen LogP contribution in [0.25, 0.3) is 0 Å². The molecule has 5 heteroatoms. The highest BCUT2D eigenvalue weighted by Crippen LogP contribution is 2.33. The maximum absolute atomic E-state index is 11.7. The summed E-state index contributed by atoms with van der Waals surface area (Å²) in [6, 6.07) is 6.98. The second kappa shape index (κ2) is 4.80. The second-order valence-electron chi connectivity index (χ2n) is 5.66. The first-order valence-corrected chi connectivity index (χ1v) is 8.25. The SMILES string of the molecule is CC(C)(C(O)c1ccc(OC2CC2)cc1)S(C)(=O)=O. The van der Waals surface area contributed by atoms with Crippen molar-refractivity contribution in [3.8, 4) is 5.75 Å². The van der Waals surface area contributed by atoms with E-state index in [1.807, 2.05) is 0 Å². The Balaban J connectivity index is 2.16. The zero-order valence-electron chi connectivity index (χ0n) is 11.5. The Bertz CT molecular complexity index is 541. The van der Waals surface area contributed by atoms with Crippen molar-refractivity contribution in [1.29, 1.82) is 0 Å². The number of aliphatic hydroxyl groups excluding tert-OH is 1. The predicted octanol–water partition coefficient (Wildman–Crippen LogP) is 2.08. The van der Waals surface area contributed by atoms with E-state index < -0.39 is 20.7 Å². The largest absolute Gasteiger partial charge is 0.490 e. The maximum Gasteiger partial charge on any atom is 0.155 e. The minimum atomic E-state index is -3.35. The molecule has 1 unspecified atom stereocenters. The zero-order chi connectivity index (χ0) is 14.3. The average molecular weight is 284 g/mol. The molecule has 19 heavy (non-hydrogen) atoms. The molecule has 0 aliphatic heterocycles. The molecule has 1 aromatic rings. The summed E-state index contributed by atoms with van der Waals surface area (Å²) < 4.78 is 27.8. The van der Waals surface area contributed by atoms with E-state index in [9.17, 15) is 13.5 Å². The van der Waals surface area contributed by atoms with Crippen LogP contribution in [0, 0.1) is 0 Å². The summed E-state index contributed by atoms with van der Waals surface area (Å²) in [7, 11) is -3.35. The van der Waals surface area contributed by atoms with Crippen molar-refractivity contribution in [3.05, 3.63) is 29.8 Å². The lowest BCUT2D eigenvalue weighted by atomic mass is 9.98. The first-order chi connectivity index (χ1) is 8.72. The average Bonchev–Trinajstić information content (AvgIpc) is 3.11. The molecule has 1 atom stereocenters. The lowest BCUT2D eigenvalue weighted by molar-refractivity contribution is 0.139. The third kappa shape index (κ3) is 3.09. The van der Waals surface area contributed by atoms with Gasteiger partial charge in [0, 0.05) is 6.26 Å². The van der Waals surface area contributed by atoms with E-state index in [2.05, 4.69) is 0 Å². The molecule has 106 valence electrons. The van der Waals surface area contributed by atoms with E-state index >= 15 is 0 Å². The minimum Gasteiger partial charge on any atom is -0.490 e. The van der Waals surface area contributed by atoms with Crippen LogP contribution in [0.5, 0.6) is 5.75 Å². The van der Waals surface area contributed by atoms with Crippen molar-refractivity contribution in [2.24, 2.45) is 0 Å². The highest BCUT2D eigenvalue weighted by atomic mass is 32.2. The summed E-state index contributed by atoms with van der Waals surface area (Å²) >= 11 is 0. The van der Waals surface area contributed by atoms with Gasteiger partial charge in [0.2, 0.25) is 0 Å². The van der Waals surface area contributed by atoms with E-state index in [0.29, 0.717) is 11.7 Å². The van der Waals surface area contributed by atoms with Crippen molar-refractivity contribution in [2.75, 3.05) is 6.26 Å². The lowest BCUT2D eigenvalue weighted by Gasteiger charge is -2.28. The first kappa shape index (κ1) is 14.3. The summed E-state index contributed by atoms with van der Waals surface area (Å²) in [5.74, 6) is 0.760. The molecule has 0 heterocycles. The van der Waals surface area contributed by atoms with Gasteiger partial charge in [-0.1, -0.05) is 12.1 Å². The van der Waals surface area contributed by atoms with Gasteiger partial charge in [-0.3, -0.25) is 0 Å². The molecule has 1 fully saturated rings. The van der Waals surface area contributed by atoms with E-state index in [0.717, 1.165) is 24.8 Å².